The molecule has 2 aromatic rings. The van der Waals surface area contributed by atoms with Crippen molar-refractivity contribution < 1.29 is 14.2 Å². The summed E-state index contributed by atoms with van der Waals surface area (Å²) in [6.07, 6.45) is 3.14. The lowest BCUT2D eigenvalue weighted by molar-refractivity contribution is -0.0390. The standard InChI is InChI=1S/C26H37N3O3/c1-4-27-26(28-13-10-23-16-20(2)8-9-25(23)30-3)29-18-21-6-5-7-22(17-21)19-32-24-11-14-31-15-12-24/h5-9,16-17,24H,4,10-15,18-19H2,1-3H3,(H2,27,28,29). The van der Waals surface area contributed by atoms with E-state index in [9.17, 15) is 0 Å². The van der Waals surface area contributed by atoms with Gasteiger partial charge in [0.25, 0.3) is 0 Å². The summed E-state index contributed by atoms with van der Waals surface area (Å²) in [5, 5.41) is 6.77. The molecule has 2 N–H and O–H groups in total. The number of guanidine groups is 1. The van der Waals surface area contributed by atoms with Gasteiger partial charge in [-0.1, -0.05) is 42.0 Å². The molecule has 1 aliphatic rings. The van der Waals surface area contributed by atoms with Gasteiger partial charge in [-0.25, -0.2) is 4.99 Å². The van der Waals surface area contributed by atoms with Gasteiger partial charge in [-0.3, -0.25) is 0 Å². The molecule has 0 amide bonds. The second kappa shape index (κ2) is 13.1. The number of aliphatic imine (C=N–C) groups is 1. The topological polar surface area (TPSA) is 64.1 Å². The van der Waals surface area contributed by atoms with Gasteiger partial charge >= 0.3 is 0 Å². The first-order valence-electron chi connectivity index (χ1n) is 11.6. The molecule has 6 heteroatoms. The molecular weight excluding hydrogens is 402 g/mol. The number of rotatable bonds is 10. The van der Waals surface area contributed by atoms with Crippen LogP contribution in [0.4, 0.5) is 0 Å². The van der Waals surface area contributed by atoms with E-state index in [0.29, 0.717) is 19.3 Å². The number of methoxy groups -OCH3 is 1. The van der Waals surface area contributed by atoms with Crippen LogP contribution in [0.15, 0.2) is 47.5 Å². The first-order chi connectivity index (χ1) is 15.7. The highest BCUT2D eigenvalue weighted by molar-refractivity contribution is 5.79. The molecule has 1 aliphatic heterocycles. The Morgan fingerprint density at radius 1 is 1.09 bits per heavy atom. The normalized spacial score (nSPS) is 14.9. The minimum Gasteiger partial charge on any atom is -0.496 e. The zero-order valence-electron chi connectivity index (χ0n) is 19.7. The van der Waals surface area contributed by atoms with Crippen molar-refractivity contribution in [3.8, 4) is 5.75 Å². The van der Waals surface area contributed by atoms with Gasteiger partial charge in [-0.15, -0.1) is 0 Å². The zero-order chi connectivity index (χ0) is 22.6. The number of ether oxygens (including phenoxy) is 3. The third-order valence-electron chi connectivity index (χ3n) is 5.53. The Balaban J connectivity index is 1.52. The summed E-state index contributed by atoms with van der Waals surface area (Å²) in [6, 6.07) is 14.8. The van der Waals surface area contributed by atoms with Gasteiger partial charge < -0.3 is 24.8 Å². The maximum atomic E-state index is 6.06. The number of hydrogen-bond donors (Lipinski definition) is 2. The van der Waals surface area contributed by atoms with Gasteiger partial charge in [0.1, 0.15) is 5.75 Å². The van der Waals surface area contributed by atoms with Crippen molar-refractivity contribution in [3.05, 3.63) is 64.7 Å². The molecule has 0 saturated carbocycles. The minimum atomic E-state index is 0.307. The first-order valence-corrected chi connectivity index (χ1v) is 11.6. The van der Waals surface area contributed by atoms with Crippen LogP contribution in [0.3, 0.4) is 0 Å². The molecule has 0 aliphatic carbocycles. The number of nitrogens with one attached hydrogen (secondary N) is 2. The summed E-state index contributed by atoms with van der Waals surface area (Å²) < 4.78 is 17.0. The van der Waals surface area contributed by atoms with Crippen LogP contribution in [0.5, 0.6) is 5.75 Å². The van der Waals surface area contributed by atoms with Crippen molar-refractivity contribution in [1.82, 2.24) is 10.6 Å². The van der Waals surface area contributed by atoms with Gasteiger partial charge in [-0.2, -0.15) is 0 Å². The smallest absolute Gasteiger partial charge is 0.191 e. The zero-order valence-corrected chi connectivity index (χ0v) is 19.7. The number of hydrogen-bond acceptors (Lipinski definition) is 4. The Kier molecular flexibility index (Phi) is 9.85. The summed E-state index contributed by atoms with van der Waals surface area (Å²) in [7, 11) is 1.72. The fourth-order valence-corrected chi connectivity index (χ4v) is 3.80. The molecule has 1 heterocycles. The Morgan fingerprint density at radius 3 is 2.69 bits per heavy atom. The van der Waals surface area contributed by atoms with Crippen LogP contribution in [0, 0.1) is 6.92 Å². The molecule has 32 heavy (non-hydrogen) atoms. The van der Waals surface area contributed by atoms with E-state index in [2.05, 4.69) is 60.9 Å². The SMILES string of the molecule is CCNC(=NCc1cccc(COC2CCOCC2)c1)NCCc1cc(C)ccc1OC. The lowest BCUT2D eigenvalue weighted by Crippen LogP contribution is -2.38. The molecule has 0 atom stereocenters. The van der Waals surface area contributed by atoms with E-state index in [1.54, 1.807) is 7.11 Å². The monoisotopic (exact) mass is 439 g/mol. The number of nitrogens with zero attached hydrogens (tertiary/aromatic N) is 1. The maximum absolute atomic E-state index is 6.06. The Labute approximate surface area is 192 Å². The summed E-state index contributed by atoms with van der Waals surface area (Å²) in [5.74, 6) is 1.75. The second-order valence-electron chi connectivity index (χ2n) is 8.13. The van der Waals surface area contributed by atoms with E-state index in [0.717, 1.165) is 57.3 Å². The molecule has 0 spiro atoms. The van der Waals surface area contributed by atoms with Crippen LogP contribution in [0.25, 0.3) is 0 Å². The predicted octanol–water partition coefficient (Wildman–Crippen LogP) is 4.00. The van der Waals surface area contributed by atoms with Crippen LogP contribution in [0.1, 0.15) is 42.0 Å². The van der Waals surface area contributed by atoms with E-state index in [4.69, 9.17) is 19.2 Å². The van der Waals surface area contributed by atoms with Crippen molar-refractivity contribution in [2.24, 2.45) is 4.99 Å². The molecule has 1 saturated heterocycles. The predicted molar refractivity (Wildman–Crippen MR) is 129 cm³/mol. The molecule has 2 aromatic carbocycles. The van der Waals surface area contributed by atoms with E-state index < -0.39 is 0 Å². The van der Waals surface area contributed by atoms with E-state index in [1.165, 1.54) is 22.3 Å². The van der Waals surface area contributed by atoms with Crippen molar-refractivity contribution in [3.63, 3.8) is 0 Å². The van der Waals surface area contributed by atoms with Gasteiger partial charge in [0.2, 0.25) is 0 Å². The largest absolute Gasteiger partial charge is 0.496 e. The van der Waals surface area contributed by atoms with Gasteiger partial charge in [0, 0.05) is 26.3 Å². The highest BCUT2D eigenvalue weighted by atomic mass is 16.5. The van der Waals surface area contributed by atoms with Crippen LogP contribution in [-0.4, -0.2) is 45.5 Å². The second-order valence-corrected chi connectivity index (χ2v) is 8.13. The Hall–Kier alpha value is -2.57. The first kappa shape index (κ1) is 24.1. The quantitative estimate of drug-likeness (QED) is 0.433. The van der Waals surface area contributed by atoms with Crippen LogP contribution < -0.4 is 15.4 Å². The fraction of sp³-hybridized carbons (Fsp3) is 0.500. The van der Waals surface area contributed by atoms with Crippen LogP contribution >= 0.6 is 0 Å². The molecule has 1 fully saturated rings. The van der Waals surface area contributed by atoms with E-state index in [-0.39, 0.29) is 0 Å². The minimum absolute atomic E-state index is 0.307. The van der Waals surface area contributed by atoms with E-state index in [1.807, 2.05) is 6.07 Å². The number of benzene rings is 2. The van der Waals surface area contributed by atoms with Crippen LogP contribution in [-0.2, 0) is 29.0 Å². The van der Waals surface area contributed by atoms with Crippen molar-refractivity contribution in [2.45, 2.75) is 52.4 Å². The van der Waals surface area contributed by atoms with E-state index >= 15 is 0 Å². The lowest BCUT2D eigenvalue weighted by Gasteiger charge is -2.22. The third kappa shape index (κ3) is 7.84. The summed E-state index contributed by atoms with van der Waals surface area (Å²) in [5.41, 5.74) is 4.81. The summed E-state index contributed by atoms with van der Waals surface area (Å²) >= 11 is 0. The molecular formula is C26H37N3O3. The highest BCUT2D eigenvalue weighted by Crippen LogP contribution is 2.20. The molecule has 0 unspecified atom stereocenters. The molecule has 0 bridgehead atoms. The lowest BCUT2D eigenvalue weighted by atomic mass is 10.1. The fourth-order valence-electron chi connectivity index (χ4n) is 3.80. The molecule has 3 rings (SSSR count). The average molecular weight is 440 g/mol. The molecule has 0 radical (unpaired) electrons. The average Bonchev–Trinajstić information content (AvgIpc) is 2.82. The Bertz CT molecular complexity index is 863. The van der Waals surface area contributed by atoms with Gasteiger partial charge in [0.15, 0.2) is 5.96 Å². The summed E-state index contributed by atoms with van der Waals surface area (Å²) in [6.45, 7) is 8.64. The van der Waals surface area contributed by atoms with Crippen molar-refractivity contribution in [2.75, 3.05) is 33.4 Å². The maximum Gasteiger partial charge on any atom is 0.191 e. The number of aryl methyl sites for hydroxylation is 1. The molecule has 6 nitrogen and oxygen atoms in total. The highest BCUT2D eigenvalue weighted by Gasteiger charge is 2.14. The van der Waals surface area contributed by atoms with Crippen molar-refractivity contribution in [1.29, 1.82) is 0 Å². The van der Waals surface area contributed by atoms with Gasteiger partial charge in [0.05, 0.1) is 26.4 Å². The van der Waals surface area contributed by atoms with Crippen LogP contribution in [0.2, 0.25) is 0 Å². The summed E-state index contributed by atoms with van der Waals surface area (Å²) in [4.78, 5) is 4.77. The third-order valence-corrected chi connectivity index (χ3v) is 5.53. The molecule has 0 aromatic heterocycles. The van der Waals surface area contributed by atoms with Gasteiger partial charge in [-0.05, 0) is 55.9 Å². The Morgan fingerprint density at radius 2 is 1.91 bits per heavy atom. The van der Waals surface area contributed by atoms with Crippen molar-refractivity contribution >= 4 is 5.96 Å². The molecule has 174 valence electrons.